The molecule has 0 aliphatic carbocycles. The molecule has 2 atom stereocenters. The van der Waals surface area contributed by atoms with Gasteiger partial charge in [-0.1, -0.05) is 0 Å². The Labute approximate surface area is 99.3 Å². The molecule has 1 saturated heterocycles. The van der Waals surface area contributed by atoms with Gasteiger partial charge in [-0.3, -0.25) is 0 Å². The zero-order chi connectivity index (χ0) is 11.6. The van der Waals surface area contributed by atoms with Crippen molar-refractivity contribution in [2.75, 3.05) is 13.2 Å². The van der Waals surface area contributed by atoms with Gasteiger partial charge in [0, 0.05) is 11.5 Å². The lowest BCUT2D eigenvalue weighted by Gasteiger charge is -2.34. The van der Waals surface area contributed by atoms with Crippen molar-refractivity contribution >= 4 is 11.3 Å². The molecule has 1 aromatic rings. The number of nitrogens with zero attached hydrogens (tertiary/aromatic N) is 1. The van der Waals surface area contributed by atoms with Crippen molar-refractivity contribution in [2.45, 2.75) is 25.9 Å². The topological polar surface area (TPSA) is 53.2 Å². The van der Waals surface area contributed by atoms with Crippen LogP contribution in [0.1, 0.15) is 29.4 Å². The van der Waals surface area contributed by atoms with Crippen LogP contribution in [0.5, 0.6) is 0 Å². The first-order chi connectivity index (χ1) is 7.69. The number of nitriles is 1. The number of thiophene rings is 1. The molecular formula is C12H15NO2S. The summed E-state index contributed by atoms with van der Waals surface area (Å²) in [5.74, 6) is 0. The van der Waals surface area contributed by atoms with Crippen LogP contribution in [0, 0.1) is 23.7 Å². The third kappa shape index (κ3) is 1.86. The number of ether oxygens (including phenoxy) is 1. The molecule has 2 unspecified atom stereocenters. The number of rotatable bonds is 2. The molecule has 0 bridgehead atoms. The van der Waals surface area contributed by atoms with Gasteiger partial charge in [-0.15, -0.1) is 11.3 Å². The summed E-state index contributed by atoms with van der Waals surface area (Å²) in [6.07, 6.45) is 0.828. The van der Waals surface area contributed by atoms with Crippen molar-refractivity contribution in [1.29, 1.82) is 5.26 Å². The van der Waals surface area contributed by atoms with E-state index in [1.165, 1.54) is 11.3 Å². The van der Waals surface area contributed by atoms with Gasteiger partial charge in [0.05, 0.1) is 12.7 Å². The van der Waals surface area contributed by atoms with E-state index < -0.39 is 11.5 Å². The Hall–Kier alpha value is -0.890. The molecule has 0 radical (unpaired) electrons. The highest BCUT2D eigenvalue weighted by Gasteiger charge is 2.42. The molecule has 86 valence electrons. The summed E-state index contributed by atoms with van der Waals surface area (Å²) in [6.45, 7) is 2.99. The standard InChI is InChI=1S/C12H15NO2S/c1-9-3-6-16-10(9)11(14)12(7-13)4-2-5-15-8-12/h3,6,11,14H,2,4-5,8H2,1H3. The number of hydrogen-bond donors (Lipinski definition) is 1. The number of aliphatic hydroxyl groups excluding tert-OH is 1. The second-order valence-corrected chi connectivity index (χ2v) is 5.24. The number of aryl methyl sites for hydroxylation is 1. The first-order valence-electron chi connectivity index (χ1n) is 5.41. The SMILES string of the molecule is Cc1ccsc1C(O)C1(C#N)CCCOC1. The van der Waals surface area contributed by atoms with Gasteiger partial charge in [-0.2, -0.15) is 5.26 Å². The third-order valence-corrected chi connectivity index (χ3v) is 4.24. The fraction of sp³-hybridized carbons (Fsp3) is 0.583. The van der Waals surface area contributed by atoms with E-state index in [1.807, 2.05) is 18.4 Å². The van der Waals surface area contributed by atoms with Crippen LogP contribution < -0.4 is 0 Å². The van der Waals surface area contributed by atoms with Crippen molar-refractivity contribution in [3.8, 4) is 6.07 Å². The van der Waals surface area contributed by atoms with E-state index in [0.717, 1.165) is 16.9 Å². The largest absolute Gasteiger partial charge is 0.386 e. The highest BCUT2D eigenvalue weighted by Crippen LogP contribution is 2.42. The van der Waals surface area contributed by atoms with Crippen molar-refractivity contribution in [2.24, 2.45) is 5.41 Å². The van der Waals surface area contributed by atoms with Gasteiger partial charge in [0.2, 0.25) is 0 Å². The molecule has 0 aromatic carbocycles. The van der Waals surface area contributed by atoms with Gasteiger partial charge in [-0.25, -0.2) is 0 Å². The highest BCUT2D eigenvalue weighted by molar-refractivity contribution is 7.10. The number of hydrogen-bond acceptors (Lipinski definition) is 4. The normalized spacial score (nSPS) is 27.3. The Morgan fingerprint density at radius 1 is 1.69 bits per heavy atom. The van der Waals surface area contributed by atoms with Crippen LogP contribution in [-0.4, -0.2) is 18.3 Å². The molecule has 1 fully saturated rings. The quantitative estimate of drug-likeness (QED) is 0.859. The molecular weight excluding hydrogens is 222 g/mol. The molecule has 1 aliphatic rings. The van der Waals surface area contributed by atoms with Crippen LogP contribution in [0.2, 0.25) is 0 Å². The maximum Gasteiger partial charge on any atom is 0.111 e. The zero-order valence-electron chi connectivity index (χ0n) is 9.27. The molecule has 4 heteroatoms. The first kappa shape index (κ1) is 11.6. The number of aliphatic hydroxyl groups is 1. The summed E-state index contributed by atoms with van der Waals surface area (Å²) in [7, 11) is 0. The summed E-state index contributed by atoms with van der Waals surface area (Å²) in [4.78, 5) is 0.895. The van der Waals surface area contributed by atoms with Crippen molar-refractivity contribution in [3.05, 3.63) is 21.9 Å². The Morgan fingerprint density at radius 2 is 2.50 bits per heavy atom. The van der Waals surface area contributed by atoms with E-state index in [1.54, 1.807) is 0 Å². The average Bonchev–Trinajstić information content (AvgIpc) is 2.75. The van der Waals surface area contributed by atoms with Gasteiger partial charge >= 0.3 is 0 Å². The predicted octanol–water partition coefficient (Wildman–Crippen LogP) is 2.41. The van der Waals surface area contributed by atoms with E-state index in [0.29, 0.717) is 19.6 Å². The van der Waals surface area contributed by atoms with E-state index >= 15 is 0 Å². The van der Waals surface area contributed by atoms with Crippen LogP contribution in [-0.2, 0) is 4.74 Å². The molecule has 0 amide bonds. The van der Waals surface area contributed by atoms with Gasteiger partial charge in [0.15, 0.2) is 0 Å². The van der Waals surface area contributed by atoms with Crippen LogP contribution in [0.4, 0.5) is 0 Å². The minimum Gasteiger partial charge on any atom is -0.386 e. The summed E-state index contributed by atoms with van der Waals surface area (Å²) in [6, 6.07) is 4.23. The second kappa shape index (κ2) is 4.54. The second-order valence-electron chi connectivity index (χ2n) is 4.29. The van der Waals surface area contributed by atoms with E-state index in [4.69, 9.17) is 4.74 Å². The Bertz CT molecular complexity index is 401. The Balaban J connectivity index is 2.28. The monoisotopic (exact) mass is 237 g/mol. The maximum atomic E-state index is 10.4. The summed E-state index contributed by atoms with van der Waals surface area (Å²) >= 11 is 1.51. The lowest BCUT2D eigenvalue weighted by atomic mass is 9.77. The third-order valence-electron chi connectivity index (χ3n) is 3.17. The molecule has 2 heterocycles. The van der Waals surface area contributed by atoms with Crippen molar-refractivity contribution < 1.29 is 9.84 Å². The van der Waals surface area contributed by atoms with Gasteiger partial charge in [-0.05, 0) is 36.8 Å². The lowest BCUT2D eigenvalue weighted by Crippen LogP contribution is -2.36. The highest BCUT2D eigenvalue weighted by atomic mass is 32.1. The van der Waals surface area contributed by atoms with E-state index in [9.17, 15) is 10.4 Å². The lowest BCUT2D eigenvalue weighted by molar-refractivity contribution is -0.0494. The Morgan fingerprint density at radius 3 is 3.00 bits per heavy atom. The smallest absolute Gasteiger partial charge is 0.111 e. The fourth-order valence-corrected chi connectivity index (χ4v) is 3.12. The van der Waals surface area contributed by atoms with Crippen LogP contribution in [0.25, 0.3) is 0 Å². The molecule has 1 aliphatic heterocycles. The van der Waals surface area contributed by atoms with Crippen LogP contribution in [0.3, 0.4) is 0 Å². The van der Waals surface area contributed by atoms with Gasteiger partial charge in [0.1, 0.15) is 11.5 Å². The fourth-order valence-electron chi connectivity index (χ4n) is 2.10. The average molecular weight is 237 g/mol. The van der Waals surface area contributed by atoms with Crippen molar-refractivity contribution in [1.82, 2.24) is 0 Å². The molecule has 3 nitrogen and oxygen atoms in total. The first-order valence-corrected chi connectivity index (χ1v) is 6.29. The maximum absolute atomic E-state index is 10.4. The van der Waals surface area contributed by atoms with Crippen LogP contribution in [0.15, 0.2) is 11.4 Å². The zero-order valence-corrected chi connectivity index (χ0v) is 10.1. The molecule has 0 saturated carbocycles. The predicted molar refractivity (Wildman–Crippen MR) is 62.1 cm³/mol. The molecule has 2 rings (SSSR count). The van der Waals surface area contributed by atoms with Gasteiger partial charge < -0.3 is 9.84 Å². The van der Waals surface area contributed by atoms with Gasteiger partial charge in [0.25, 0.3) is 0 Å². The van der Waals surface area contributed by atoms with E-state index in [2.05, 4.69) is 6.07 Å². The molecule has 1 N–H and O–H groups in total. The minimum absolute atomic E-state index is 0.335. The summed E-state index contributed by atoms with van der Waals surface area (Å²) < 4.78 is 5.36. The van der Waals surface area contributed by atoms with E-state index in [-0.39, 0.29) is 0 Å². The summed E-state index contributed by atoms with van der Waals surface area (Å²) in [5.41, 5.74) is 0.297. The minimum atomic E-state index is -0.756. The molecule has 0 spiro atoms. The Kier molecular flexibility index (Phi) is 3.29. The summed E-state index contributed by atoms with van der Waals surface area (Å²) in [5, 5.41) is 21.6. The van der Waals surface area contributed by atoms with Crippen molar-refractivity contribution in [3.63, 3.8) is 0 Å². The van der Waals surface area contributed by atoms with Crippen LogP contribution >= 0.6 is 11.3 Å². The molecule has 16 heavy (non-hydrogen) atoms. The molecule has 1 aromatic heterocycles.